The number of sulfonamides is 1. The van der Waals surface area contributed by atoms with Gasteiger partial charge in [0.25, 0.3) is 11.6 Å². The number of amides is 1. The Hall–Kier alpha value is -2.82. The maximum atomic E-state index is 12.9. The van der Waals surface area contributed by atoms with E-state index in [4.69, 9.17) is 4.74 Å². The van der Waals surface area contributed by atoms with Gasteiger partial charge in [-0.15, -0.1) is 0 Å². The summed E-state index contributed by atoms with van der Waals surface area (Å²) in [7, 11) is -3.61. The van der Waals surface area contributed by atoms with Crippen molar-refractivity contribution in [3.05, 3.63) is 63.7 Å². The molecule has 0 radical (unpaired) electrons. The highest BCUT2D eigenvalue weighted by Crippen LogP contribution is 2.32. The van der Waals surface area contributed by atoms with Crippen LogP contribution in [-0.2, 0) is 21.2 Å². The summed E-state index contributed by atoms with van der Waals surface area (Å²) in [6, 6.07) is 10.3. The molecule has 152 valence electrons. The Morgan fingerprint density at radius 2 is 1.83 bits per heavy atom. The molecule has 9 nitrogen and oxygen atoms in total. The van der Waals surface area contributed by atoms with Crippen LogP contribution in [0.1, 0.15) is 15.9 Å². The summed E-state index contributed by atoms with van der Waals surface area (Å²) in [5.41, 5.74) is 1.46. The molecule has 2 aromatic carbocycles. The number of rotatable bonds is 4. The van der Waals surface area contributed by atoms with Crippen LogP contribution in [0.15, 0.2) is 47.4 Å². The summed E-state index contributed by atoms with van der Waals surface area (Å²) < 4.78 is 32.3. The van der Waals surface area contributed by atoms with Gasteiger partial charge in [0.15, 0.2) is 0 Å². The van der Waals surface area contributed by atoms with Crippen molar-refractivity contribution in [3.63, 3.8) is 0 Å². The van der Waals surface area contributed by atoms with Crippen molar-refractivity contribution < 1.29 is 22.9 Å². The highest BCUT2D eigenvalue weighted by Gasteiger charge is 2.30. The SMILES string of the molecule is O=C(c1cccc([N+](=O)[O-])c1)N1CCc2cc(S(=O)(=O)N3CCOCC3)ccc21. The predicted octanol–water partition coefficient (Wildman–Crippen LogP) is 1.82. The Balaban J connectivity index is 1.61. The molecule has 0 saturated carbocycles. The van der Waals surface area contributed by atoms with Crippen LogP contribution in [0.25, 0.3) is 0 Å². The van der Waals surface area contributed by atoms with E-state index in [2.05, 4.69) is 0 Å². The topological polar surface area (TPSA) is 110 Å². The Kier molecular flexibility index (Phi) is 5.07. The largest absolute Gasteiger partial charge is 0.379 e. The minimum absolute atomic E-state index is 0.151. The van der Waals surface area contributed by atoms with E-state index >= 15 is 0 Å². The number of non-ortho nitro benzene ring substituents is 1. The summed E-state index contributed by atoms with van der Waals surface area (Å²) in [6.45, 7) is 1.76. The highest BCUT2D eigenvalue weighted by atomic mass is 32.2. The van der Waals surface area contributed by atoms with Gasteiger partial charge in [0.1, 0.15) is 0 Å². The van der Waals surface area contributed by atoms with Crippen molar-refractivity contribution >= 4 is 27.3 Å². The van der Waals surface area contributed by atoms with Gasteiger partial charge in [-0.25, -0.2) is 8.42 Å². The maximum absolute atomic E-state index is 12.9. The first-order chi connectivity index (χ1) is 13.9. The van der Waals surface area contributed by atoms with E-state index in [0.29, 0.717) is 45.0 Å². The van der Waals surface area contributed by atoms with E-state index in [-0.39, 0.29) is 22.1 Å². The van der Waals surface area contributed by atoms with E-state index in [9.17, 15) is 23.3 Å². The molecule has 1 fully saturated rings. The molecule has 0 aliphatic carbocycles. The number of nitro benzene ring substituents is 1. The fraction of sp³-hybridized carbons (Fsp3) is 0.316. The van der Waals surface area contributed by atoms with Crippen LogP contribution >= 0.6 is 0 Å². The lowest BCUT2D eigenvalue weighted by atomic mass is 10.1. The van der Waals surface area contributed by atoms with Crippen LogP contribution in [0.5, 0.6) is 0 Å². The predicted molar refractivity (Wildman–Crippen MR) is 104 cm³/mol. The second-order valence-electron chi connectivity index (χ2n) is 6.82. The van der Waals surface area contributed by atoms with Crippen molar-refractivity contribution in [2.24, 2.45) is 0 Å². The van der Waals surface area contributed by atoms with Crippen molar-refractivity contribution in [1.29, 1.82) is 0 Å². The quantitative estimate of drug-likeness (QED) is 0.554. The third-order valence-electron chi connectivity index (χ3n) is 5.10. The van der Waals surface area contributed by atoms with Gasteiger partial charge in [0, 0.05) is 43.0 Å². The van der Waals surface area contributed by atoms with Crippen molar-refractivity contribution in [3.8, 4) is 0 Å². The van der Waals surface area contributed by atoms with E-state index in [0.717, 1.165) is 5.56 Å². The molecule has 29 heavy (non-hydrogen) atoms. The first-order valence-corrected chi connectivity index (χ1v) is 10.6. The zero-order valence-electron chi connectivity index (χ0n) is 15.5. The molecule has 1 saturated heterocycles. The standard InChI is InChI=1S/C19H19N3O6S/c23-19(15-2-1-3-16(12-15)22(24)25)21-7-6-14-13-17(4-5-18(14)21)29(26,27)20-8-10-28-11-9-20/h1-5,12-13H,6-11H2. The van der Waals surface area contributed by atoms with Crippen molar-refractivity contribution in [2.45, 2.75) is 11.3 Å². The number of hydrogen-bond donors (Lipinski definition) is 0. The van der Waals surface area contributed by atoms with Crippen LogP contribution in [0.2, 0.25) is 0 Å². The van der Waals surface area contributed by atoms with Gasteiger partial charge in [-0.05, 0) is 36.2 Å². The van der Waals surface area contributed by atoms with Gasteiger partial charge in [-0.3, -0.25) is 14.9 Å². The average molecular weight is 417 g/mol. The average Bonchev–Trinajstić information content (AvgIpc) is 3.17. The Morgan fingerprint density at radius 3 is 2.55 bits per heavy atom. The lowest BCUT2D eigenvalue weighted by Crippen LogP contribution is -2.40. The summed E-state index contributed by atoms with van der Waals surface area (Å²) >= 11 is 0. The minimum atomic E-state index is -3.61. The molecule has 0 spiro atoms. The molecule has 2 aliphatic rings. The van der Waals surface area contributed by atoms with Gasteiger partial charge >= 0.3 is 0 Å². The van der Waals surface area contributed by atoms with Gasteiger partial charge in [-0.2, -0.15) is 4.31 Å². The number of nitrogens with zero attached hydrogens (tertiary/aromatic N) is 3. The van der Waals surface area contributed by atoms with E-state index in [1.165, 1.54) is 39.5 Å². The van der Waals surface area contributed by atoms with Crippen molar-refractivity contribution in [2.75, 3.05) is 37.7 Å². The zero-order valence-corrected chi connectivity index (χ0v) is 16.3. The Morgan fingerprint density at radius 1 is 1.07 bits per heavy atom. The number of carbonyl (C=O) groups is 1. The highest BCUT2D eigenvalue weighted by molar-refractivity contribution is 7.89. The number of benzene rings is 2. The molecule has 0 aromatic heterocycles. The first kappa shape index (κ1) is 19.5. The molecular weight excluding hydrogens is 398 g/mol. The minimum Gasteiger partial charge on any atom is -0.379 e. The normalized spacial score (nSPS) is 17.2. The Bertz CT molecular complexity index is 1080. The summed E-state index contributed by atoms with van der Waals surface area (Å²) in [5, 5.41) is 11.0. The second-order valence-corrected chi connectivity index (χ2v) is 8.76. The van der Waals surface area contributed by atoms with Gasteiger partial charge in [0.2, 0.25) is 10.0 Å². The third kappa shape index (κ3) is 3.61. The van der Waals surface area contributed by atoms with E-state index < -0.39 is 14.9 Å². The fourth-order valence-corrected chi connectivity index (χ4v) is 5.05. The fourth-order valence-electron chi connectivity index (χ4n) is 3.59. The molecule has 2 aromatic rings. The number of anilines is 1. The molecule has 10 heteroatoms. The van der Waals surface area contributed by atoms with Crippen LogP contribution in [0, 0.1) is 10.1 Å². The van der Waals surface area contributed by atoms with Gasteiger partial charge < -0.3 is 9.64 Å². The molecule has 2 aliphatic heterocycles. The molecule has 0 atom stereocenters. The number of morpholine rings is 1. The molecule has 0 bridgehead atoms. The summed E-state index contributed by atoms with van der Waals surface area (Å²) in [4.78, 5) is 25.0. The number of nitro groups is 1. The van der Waals surface area contributed by atoms with Crippen LogP contribution in [-0.4, -0.2) is 56.4 Å². The first-order valence-electron chi connectivity index (χ1n) is 9.15. The lowest BCUT2D eigenvalue weighted by molar-refractivity contribution is -0.384. The molecule has 0 unspecified atom stereocenters. The molecule has 4 rings (SSSR count). The summed E-state index contributed by atoms with van der Waals surface area (Å²) in [5.74, 6) is -0.351. The number of fused-ring (bicyclic) bond motifs is 1. The van der Waals surface area contributed by atoms with Crippen LogP contribution in [0.3, 0.4) is 0 Å². The number of ether oxygens (including phenoxy) is 1. The van der Waals surface area contributed by atoms with Gasteiger partial charge in [-0.1, -0.05) is 6.07 Å². The van der Waals surface area contributed by atoms with Crippen LogP contribution in [0.4, 0.5) is 11.4 Å². The Labute approximate surface area is 167 Å². The van der Waals surface area contributed by atoms with E-state index in [1.54, 1.807) is 12.1 Å². The van der Waals surface area contributed by atoms with Crippen LogP contribution < -0.4 is 4.90 Å². The maximum Gasteiger partial charge on any atom is 0.270 e. The smallest absolute Gasteiger partial charge is 0.270 e. The molecule has 2 heterocycles. The zero-order chi connectivity index (χ0) is 20.6. The monoisotopic (exact) mass is 417 g/mol. The third-order valence-corrected chi connectivity index (χ3v) is 7.00. The molecular formula is C19H19N3O6S. The lowest BCUT2D eigenvalue weighted by Gasteiger charge is -2.26. The number of carbonyl (C=O) groups excluding carboxylic acids is 1. The number of hydrogen-bond acceptors (Lipinski definition) is 6. The molecule has 1 amide bonds. The summed E-state index contributed by atoms with van der Waals surface area (Å²) in [6.07, 6.45) is 0.516. The van der Waals surface area contributed by atoms with Gasteiger partial charge in [0.05, 0.1) is 23.0 Å². The second kappa shape index (κ2) is 7.54. The molecule has 0 N–H and O–H groups in total. The van der Waals surface area contributed by atoms with Crippen molar-refractivity contribution in [1.82, 2.24) is 4.31 Å². The van der Waals surface area contributed by atoms with E-state index in [1.807, 2.05) is 0 Å².